The SMILES string of the molecule is CCN(CC)c1ccc(NC(=O)C(=O)Nc2ccccn2)cc1. The van der Waals surface area contributed by atoms with Crippen molar-refractivity contribution < 1.29 is 9.59 Å². The van der Waals surface area contributed by atoms with Crippen LogP contribution >= 0.6 is 0 Å². The normalized spacial score (nSPS) is 10.0. The molecule has 0 spiro atoms. The average Bonchev–Trinajstić information content (AvgIpc) is 2.58. The van der Waals surface area contributed by atoms with E-state index < -0.39 is 11.8 Å². The molecule has 0 fully saturated rings. The third-order valence-electron chi connectivity index (χ3n) is 3.37. The van der Waals surface area contributed by atoms with Gasteiger partial charge < -0.3 is 15.5 Å². The van der Waals surface area contributed by atoms with E-state index in [2.05, 4.69) is 34.4 Å². The van der Waals surface area contributed by atoms with Crippen LogP contribution in [0, 0.1) is 0 Å². The van der Waals surface area contributed by atoms with Crippen LogP contribution in [0.1, 0.15) is 13.8 Å². The van der Waals surface area contributed by atoms with Crippen molar-refractivity contribution >= 4 is 29.0 Å². The Morgan fingerprint density at radius 1 is 0.957 bits per heavy atom. The van der Waals surface area contributed by atoms with Crippen LogP contribution in [0.4, 0.5) is 17.2 Å². The number of anilines is 3. The lowest BCUT2D eigenvalue weighted by Crippen LogP contribution is -2.29. The number of aromatic nitrogens is 1. The number of benzene rings is 1. The van der Waals surface area contributed by atoms with Gasteiger partial charge in [-0.15, -0.1) is 0 Å². The highest BCUT2D eigenvalue weighted by Crippen LogP contribution is 2.17. The second-order valence-corrected chi connectivity index (χ2v) is 4.84. The molecule has 2 N–H and O–H groups in total. The summed E-state index contributed by atoms with van der Waals surface area (Å²) in [5.41, 5.74) is 1.65. The molecule has 2 rings (SSSR count). The molecule has 0 aliphatic rings. The number of pyridine rings is 1. The summed E-state index contributed by atoms with van der Waals surface area (Å²) in [7, 11) is 0. The van der Waals surface area contributed by atoms with Crippen molar-refractivity contribution in [1.82, 2.24) is 4.98 Å². The maximum absolute atomic E-state index is 11.9. The van der Waals surface area contributed by atoms with Crippen LogP contribution in [0.3, 0.4) is 0 Å². The molecule has 0 saturated heterocycles. The van der Waals surface area contributed by atoms with Crippen LogP contribution in [0.25, 0.3) is 0 Å². The number of hydrogen-bond donors (Lipinski definition) is 2. The average molecular weight is 312 g/mol. The third kappa shape index (κ3) is 4.54. The number of carbonyl (C=O) groups is 2. The Kier molecular flexibility index (Phi) is 5.68. The largest absolute Gasteiger partial charge is 0.372 e. The quantitative estimate of drug-likeness (QED) is 0.832. The zero-order valence-electron chi connectivity index (χ0n) is 13.2. The zero-order valence-corrected chi connectivity index (χ0v) is 13.2. The Morgan fingerprint density at radius 3 is 2.17 bits per heavy atom. The molecule has 0 bridgehead atoms. The van der Waals surface area contributed by atoms with Gasteiger partial charge >= 0.3 is 11.8 Å². The van der Waals surface area contributed by atoms with Gasteiger partial charge in [-0.2, -0.15) is 0 Å². The molecule has 0 unspecified atom stereocenters. The molecule has 120 valence electrons. The van der Waals surface area contributed by atoms with E-state index in [4.69, 9.17) is 0 Å². The summed E-state index contributed by atoms with van der Waals surface area (Å²) in [5, 5.41) is 5.01. The Morgan fingerprint density at radius 2 is 1.61 bits per heavy atom. The summed E-state index contributed by atoms with van der Waals surface area (Å²) in [6, 6.07) is 12.5. The van der Waals surface area contributed by atoms with Gasteiger partial charge in [0.2, 0.25) is 0 Å². The molecule has 6 heteroatoms. The predicted octanol–water partition coefficient (Wildman–Crippen LogP) is 2.51. The molecule has 2 aromatic rings. The standard InChI is InChI=1S/C17H20N4O2/c1-3-21(4-2)14-10-8-13(9-11-14)19-16(22)17(23)20-15-7-5-6-12-18-15/h5-12H,3-4H2,1-2H3,(H,19,22)(H,18,20,23). The third-order valence-corrected chi connectivity index (χ3v) is 3.37. The molecule has 1 heterocycles. The van der Waals surface area contributed by atoms with E-state index in [1.54, 1.807) is 36.5 Å². The van der Waals surface area contributed by atoms with Gasteiger partial charge in [0.05, 0.1) is 0 Å². The fourth-order valence-electron chi connectivity index (χ4n) is 2.14. The fourth-order valence-corrected chi connectivity index (χ4v) is 2.14. The van der Waals surface area contributed by atoms with Crippen molar-refractivity contribution in [3.05, 3.63) is 48.7 Å². The van der Waals surface area contributed by atoms with Gasteiger partial charge in [0.1, 0.15) is 5.82 Å². The first-order valence-electron chi connectivity index (χ1n) is 7.52. The second-order valence-electron chi connectivity index (χ2n) is 4.84. The molecule has 1 aromatic heterocycles. The summed E-state index contributed by atoms with van der Waals surface area (Å²) >= 11 is 0. The van der Waals surface area contributed by atoms with Gasteiger partial charge in [-0.25, -0.2) is 4.98 Å². The summed E-state index contributed by atoms with van der Waals surface area (Å²) in [6.07, 6.45) is 1.54. The molecule has 2 amide bonds. The lowest BCUT2D eigenvalue weighted by molar-refractivity contribution is -0.133. The topological polar surface area (TPSA) is 74.3 Å². The molecule has 0 saturated carbocycles. The minimum absolute atomic E-state index is 0.338. The fraction of sp³-hybridized carbons (Fsp3) is 0.235. The number of hydrogen-bond acceptors (Lipinski definition) is 4. The Balaban J connectivity index is 1.96. The van der Waals surface area contributed by atoms with E-state index in [0.29, 0.717) is 11.5 Å². The van der Waals surface area contributed by atoms with Crippen molar-refractivity contribution in [2.24, 2.45) is 0 Å². The highest BCUT2D eigenvalue weighted by atomic mass is 16.2. The van der Waals surface area contributed by atoms with Gasteiger partial charge in [0.15, 0.2) is 0 Å². The zero-order chi connectivity index (χ0) is 16.7. The van der Waals surface area contributed by atoms with E-state index >= 15 is 0 Å². The van der Waals surface area contributed by atoms with Crippen molar-refractivity contribution in [3.63, 3.8) is 0 Å². The molecule has 6 nitrogen and oxygen atoms in total. The van der Waals surface area contributed by atoms with E-state index in [0.717, 1.165) is 18.8 Å². The van der Waals surface area contributed by atoms with Gasteiger partial charge in [0, 0.05) is 30.7 Å². The van der Waals surface area contributed by atoms with Crippen molar-refractivity contribution in [1.29, 1.82) is 0 Å². The van der Waals surface area contributed by atoms with E-state index in [9.17, 15) is 9.59 Å². The highest BCUT2D eigenvalue weighted by Gasteiger charge is 2.14. The van der Waals surface area contributed by atoms with Gasteiger partial charge in [-0.1, -0.05) is 6.07 Å². The van der Waals surface area contributed by atoms with Crippen molar-refractivity contribution in [3.8, 4) is 0 Å². The van der Waals surface area contributed by atoms with Crippen LogP contribution in [0.2, 0.25) is 0 Å². The minimum atomic E-state index is -0.753. The summed E-state index contributed by atoms with van der Waals surface area (Å²) in [4.78, 5) is 29.8. The summed E-state index contributed by atoms with van der Waals surface area (Å²) in [5.74, 6) is -1.15. The number of amides is 2. The molecular weight excluding hydrogens is 292 g/mol. The maximum atomic E-state index is 11.9. The Labute approximate surface area is 135 Å². The van der Waals surface area contributed by atoms with Gasteiger partial charge in [0.25, 0.3) is 0 Å². The first-order valence-corrected chi connectivity index (χ1v) is 7.52. The highest BCUT2D eigenvalue weighted by molar-refractivity contribution is 6.43. The van der Waals surface area contributed by atoms with E-state index in [1.807, 2.05) is 12.1 Å². The maximum Gasteiger partial charge on any atom is 0.315 e. The number of nitrogens with zero attached hydrogens (tertiary/aromatic N) is 2. The first-order chi connectivity index (χ1) is 11.1. The molecule has 23 heavy (non-hydrogen) atoms. The lowest BCUT2D eigenvalue weighted by Gasteiger charge is -2.21. The molecule has 0 atom stereocenters. The first kappa shape index (κ1) is 16.5. The smallest absolute Gasteiger partial charge is 0.315 e. The molecule has 1 aromatic carbocycles. The minimum Gasteiger partial charge on any atom is -0.372 e. The Hall–Kier alpha value is -2.89. The van der Waals surface area contributed by atoms with Crippen LogP contribution in [-0.4, -0.2) is 29.9 Å². The summed E-state index contributed by atoms with van der Waals surface area (Å²) < 4.78 is 0. The number of nitrogens with one attached hydrogen (secondary N) is 2. The van der Waals surface area contributed by atoms with Gasteiger partial charge in [-0.05, 0) is 50.2 Å². The summed E-state index contributed by atoms with van der Waals surface area (Å²) in [6.45, 7) is 5.99. The monoisotopic (exact) mass is 312 g/mol. The second kappa shape index (κ2) is 7.93. The van der Waals surface area contributed by atoms with E-state index in [-0.39, 0.29) is 0 Å². The van der Waals surface area contributed by atoms with Crippen LogP contribution in [0.5, 0.6) is 0 Å². The predicted molar refractivity (Wildman–Crippen MR) is 91.5 cm³/mol. The Bertz CT molecular complexity index is 652. The molecule has 0 aliphatic carbocycles. The molecular formula is C17H20N4O2. The van der Waals surface area contributed by atoms with Crippen molar-refractivity contribution in [2.45, 2.75) is 13.8 Å². The van der Waals surface area contributed by atoms with Crippen LogP contribution in [-0.2, 0) is 9.59 Å². The molecule has 0 aliphatic heterocycles. The number of carbonyl (C=O) groups excluding carboxylic acids is 2. The van der Waals surface area contributed by atoms with E-state index in [1.165, 1.54) is 0 Å². The lowest BCUT2D eigenvalue weighted by atomic mass is 10.2. The molecule has 0 radical (unpaired) electrons. The van der Waals surface area contributed by atoms with Crippen LogP contribution < -0.4 is 15.5 Å². The van der Waals surface area contributed by atoms with Crippen molar-refractivity contribution in [2.75, 3.05) is 28.6 Å². The number of rotatable bonds is 5. The van der Waals surface area contributed by atoms with Gasteiger partial charge in [-0.3, -0.25) is 9.59 Å². The van der Waals surface area contributed by atoms with Crippen LogP contribution in [0.15, 0.2) is 48.7 Å².